The maximum Gasteiger partial charge on any atom is 0.192 e. The van der Waals surface area contributed by atoms with Crippen LogP contribution in [0.15, 0.2) is 40.8 Å². The van der Waals surface area contributed by atoms with Crippen molar-refractivity contribution in [2.45, 2.75) is 45.5 Å². The molecule has 0 aliphatic heterocycles. The van der Waals surface area contributed by atoms with Gasteiger partial charge in [-0.1, -0.05) is 45.0 Å². The maximum absolute atomic E-state index is 10.8. The second-order valence-corrected chi connectivity index (χ2v) is 11.8. The van der Waals surface area contributed by atoms with Crippen molar-refractivity contribution in [3.05, 3.63) is 47.7 Å². The summed E-state index contributed by atoms with van der Waals surface area (Å²) < 4.78 is 11.8. The fraction of sp³-hybridized carbons (Fsp3) is 0.389. The van der Waals surface area contributed by atoms with E-state index in [1.807, 2.05) is 30.3 Å². The van der Waals surface area contributed by atoms with E-state index in [4.69, 9.17) is 8.84 Å². The van der Waals surface area contributed by atoms with E-state index >= 15 is 0 Å². The summed E-state index contributed by atoms with van der Waals surface area (Å²) in [6.07, 6.45) is 0.720. The third-order valence-electron chi connectivity index (χ3n) is 4.42. The summed E-state index contributed by atoms with van der Waals surface area (Å²) in [4.78, 5) is 10.8. The zero-order valence-electron chi connectivity index (χ0n) is 14.0. The van der Waals surface area contributed by atoms with Crippen LogP contribution in [-0.4, -0.2) is 14.6 Å². The molecule has 0 aliphatic rings. The summed E-state index contributed by atoms with van der Waals surface area (Å²) in [7, 11) is -1.80. The number of hydrogen-bond acceptors (Lipinski definition) is 3. The molecule has 0 fully saturated rings. The lowest BCUT2D eigenvalue weighted by atomic mass is 10.1. The molecule has 0 bridgehead atoms. The predicted octanol–water partition coefficient (Wildman–Crippen LogP) is 5.28. The number of benzene rings is 1. The van der Waals surface area contributed by atoms with Gasteiger partial charge in [-0.25, -0.2) is 0 Å². The van der Waals surface area contributed by atoms with Crippen LogP contribution in [0.3, 0.4) is 0 Å². The standard InChI is InChI=1S/C18H24O3Si/c1-18(2,3)22(4,5)20-13-14-8-6-7-9-16(14)17-11-10-15(12-19)21-17/h6-12H,13H2,1-5H3. The smallest absolute Gasteiger partial charge is 0.192 e. The molecule has 1 aromatic carbocycles. The molecule has 22 heavy (non-hydrogen) atoms. The van der Waals surface area contributed by atoms with Crippen molar-refractivity contribution in [3.8, 4) is 11.3 Å². The van der Waals surface area contributed by atoms with Gasteiger partial charge in [0, 0.05) is 5.56 Å². The number of carbonyl (C=O) groups excluding carboxylic acids is 1. The van der Waals surface area contributed by atoms with Crippen molar-refractivity contribution in [1.29, 1.82) is 0 Å². The Morgan fingerprint density at radius 2 is 1.82 bits per heavy atom. The molecular formula is C18H24O3Si. The fourth-order valence-electron chi connectivity index (χ4n) is 1.92. The average molecular weight is 316 g/mol. The topological polar surface area (TPSA) is 39.4 Å². The molecule has 118 valence electrons. The monoisotopic (exact) mass is 316 g/mol. The van der Waals surface area contributed by atoms with Gasteiger partial charge in [0.15, 0.2) is 20.4 Å². The molecule has 0 aliphatic carbocycles. The van der Waals surface area contributed by atoms with E-state index in [1.165, 1.54) is 0 Å². The van der Waals surface area contributed by atoms with Crippen molar-refractivity contribution < 1.29 is 13.6 Å². The van der Waals surface area contributed by atoms with Gasteiger partial charge in [-0.15, -0.1) is 0 Å². The van der Waals surface area contributed by atoms with Crippen LogP contribution >= 0.6 is 0 Å². The van der Waals surface area contributed by atoms with Crippen LogP contribution < -0.4 is 0 Å². The van der Waals surface area contributed by atoms with Gasteiger partial charge in [0.2, 0.25) is 0 Å². The van der Waals surface area contributed by atoms with Crippen LogP contribution in [0.1, 0.15) is 36.9 Å². The Labute approximate surface area is 133 Å². The maximum atomic E-state index is 10.8. The minimum absolute atomic E-state index is 0.178. The summed E-state index contributed by atoms with van der Waals surface area (Å²) >= 11 is 0. The highest BCUT2D eigenvalue weighted by molar-refractivity contribution is 6.74. The Bertz CT molecular complexity index is 650. The Hall–Kier alpha value is -1.65. The minimum atomic E-state index is -1.80. The molecule has 0 amide bonds. The molecule has 0 atom stereocenters. The summed E-state index contributed by atoms with van der Waals surface area (Å²) in [6.45, 7) is 11.7. The van der Waals surface area contributed by atoms with E-state index in [0.29, 0.717) is 18.1 Å². The zero-order valence-corrected chi connectivity index (χ0v) is 15.0. The molecule has 0 spiro atoms. The minimum Gasteiger partial charge on any atom is -0.453 e. The molecule has 4 heteroatoms. The first-order valence-electron chi connectivity index (χ1n) is 7.52. The van der Waals surface area contributed by atoms with Crippen LogP contribution in [0, 0.1) is 0 Å². The number of aldehydes is 1. The number of rotatable bonds is 5. The van der Waals surface area contributed by atoms with E-state index < -0.39 is 8.32 Å². The van der Waals surface area contributed by atoms with E-state index in [9.17, 15) is 4.79 Å². The fourth-order valence-corrected chi connectivity index (χ4v) is 2.87. The molecule has 0 unspecified atom stereocenters. The lowest BCUT2D eigenvalue weighted by Crippen LogP contribution is -2.40. The summed E-state index contributed by atoms with van der Waals surface area (Å²) in [5, 5.41) is 0.178. The van der Waals surface area contributed by atoms with Gasteiger partial charge in [0.05, 0.1) is 6.61 Å². The molecular weight excluding hydrogens is 292 g/mol. The van der Waals surface area contributed by atoms with Gasteiger partial charge in [0.1, 0.15) is 5.76 Å². The molecule has 1 aromatic heterocycles. The van der Waals surface area contributed by atoms with E-state index in [1.54, 1.807) is 6.07 Å². The van der Waals surface area contributed by atoms with Gasteiger partial charge in [-0.2, -0.15) is 0 Å². The van der Waals surface area contributed by atoms with Crippen molar-refractivity contribution in [2.75, 3.05) is 0 Å². The van der Waals surface area contributed by atoms with E-state index in [0.717, 1.165) is 17.4 Å². The van der Waals surface area contributed by atoms with Gasteiger partial charge >= 0.3 is 0 Å². The molecule has 0 N–H and O–H groups in total. The third-order valence-corrected chi connectivity index (χ3v) is 8.90. The number of carbonyl (C=O) groups is 1. The van der Waals surface area contributed by atoms with Crippen LogP contribution in [0.25, 0.3) is 11.3 Å². The van der Waals surface area contributed by atoms with E-state index in [2.05, 4.69) is 33.9 Å². The number of furan rings is 1. The molecule has 0 radical (unpaired) electrons. The van der Waals surface area contributed by atoms with Crippen LogP contribution in [0.4, 0.5) is 0 Å². The Morgan fingerprint density at radius 1 is 1.14 bits per heavy atom. The summed E-state index contributed by atoms with van der Waals surface area (Å²) in [6, 6.07) is 11.5. The van der Waals surface area contributed by atoms with Crippen molar-refractivity contribution >= 4 is 14.6 Å². The second-order valence-electron chi connectivity index (χ2n) is 7.03. The lowest BCUT2D eigenvalue weighted by molar-refractivity contribution is 0.110. The highest BCUT2D eigenvalue weighted by Crippen LogP contribution is 2.37. The first-order chi connectivity index (χ1) is 10.2. The Balaban J connectivity index is 2.24. The van der Waals surface area contributed by atoms with Crippen LogP contribution in [-0.2, 0) is 11.0 Å². The molecule has 0 saturated carbocycles. The number of hydrogen-bond donors (Lipinski definition) is 0. The van der Waals surface area contributed by atoms with E-state index in [-0.39, 0.29) is 5.04 Å². The highest BCUT2D eigenvalue weighted by Gasteiger charge is 2.37. The third kappa shape index (κ3) is 3.57. The second kappa shape index (κ2) is 6.22. The Kier molecular flexibility index (Phi) is 4.73. The first-order valence-corrected chi connectivity index (χ1v) is 10.4. The molecule has 0 saturated heterocycles. The van der Waals surface area contributed by atoms with Crippen molar-refractivity contribution in [1.82, 2.24) is 0 Å². The SMILES string of the molecule is CC(C)(C)[Si](C)(C)OCc1ccccc1-c1ccc(C=O)o1. The quantitative estimate of drug-likeness (QED) is 0.556. The largest absolute Gasteiger partial charge is 0.453 e. The highest BCUT2D eigenvalue weighted by atomic mass is 28.4. The predicted molar refractivity (Wildman–Crippen MR) is 91.5 cm³/mol. The molecule has 2 aromatic rings. The van der Waals surface area contributed by atoms with Gasteiger partial charge < -0.3 is 8.84 Å². The lowest BCUT2D eigenvalue weighted by Gasteiger charge is -2.36. The summed E-state index contributed by atoms with van der Waals surface area (Å²) in [5.74, 6) is 1.05. The molecule has 2 rings (SSSR count). The van der Waals surface area contributed by atoms with Crippen LogP contribution in [0.2, 0.25) is 18.1 Å². The van der Waals surface area contributed by atoms with Crippen molar-refractivity contribution in [3.63, 3.8) is 0 Å². The van der Waals surface area contributed by atoms with Gasteiger partial charge in [-0.3, -0.25) is 4.79 Å². The normalized spacial score (nSPS) is 12.4. The van der Waals surface area contributed by atoms with Gasteiger partial charge in [0.25, 0.3) is 0 Å². The Morgan fingerprint density at radius 3 is 2.41 bits per heavy atom. The molecule has 1 heterocycles. The molecule has 3 nitrogen and oxygen atoms in total. The first kappa shape index (κ1) is 16.7. The summed E-state index contributed by atoms with van der Waals surface area (Å²) in [5.41, 5.74) is 2.06. The van der Waals surface area contributed by atoms with Gasteiger partial charge in [-0.05, 0) is 35.8 Å². The van der Waals surface area contributed by atoms with Crippen molar-refractivity contribution in [2.24, 2.45) is 0 Å². The zero-order chi connectivity index (χ0) is 16.4. The van der Waals surface area contributed by atoms with Crippen LogP contribution in [0.5, 0.6) is 0 Å². The average Bonchev–Trinajstić information content (AvgIpc) is 2.93.